The van der Waals surface area contributed by atoms with Gasteiger partial charge in [-0.15, -0.1) is 0 Å². The van der Waals surface area contributed by atoms with E-state index >= 15 is 0 Å². The fourth-order valence-corrected chi connectivity index (χ4v) is 3.49. The Labute approximate surface area is 137 Å². The van der Waals surface area contributed by atoms with Crippen LogP contribution in [0.15, 0.2) is 30.3 Å². The predicted molar refractivity (Wildman–Crippen MR) is 87.3 cm³/mol. The summed E-state index contributed by atoms with van der Waals surface area (Å²) in [5.74, 6) is 0.519. The van der Waals surface area contributed by atoms with Crippen molar-refractivity contribution in [1.29, 1.82) is 0 Å². The zero-order chi connectivity index (χ0) is 16.9. The van der Waals surface area contributed by atoms with E-state index in [2.05, 4.69) is 0 Å². The molecule has 1 aromatic carbocycles. The Balaban J connectivity index is 1.89. The Bertz CT molecular complexity index is 619. The maximum atomic E-state index is 12.2. The average Bonchev–Trinajstić information content (AvgIpc) is 2.80. The maximum Gasteiger partial charge on any atom is 0.281 e. The number of para-hydroxylation sites is 1. The lowest BCUT2D eigenvalue weighted by atomic mass is 10.3. The van der Waals surface area contributed by atoms with Crippen LogP contribution in [0.1, 0.15) is 6.42 Å². The smallest absolute Gasteiger partial charge is 0.281 e. The van der Waals surface area contributed by atoms with Gasteiger partial charge < -0.3 is 9.64 Å². The first-order valence-corrected chi connectivity index (χ1v) is 8.94. The van der Waals surface area contributed by atoms with Gasteiger partial charge in [0.05, 0.1) is 0 Å². The molecule has 1 saturated heterocycles. The lowest BCUT2D eigenvalue weighted by molar-refractivity contribution is -0.133. The summed E-state index contributed by atoms with van der Waals surface area (Å²) in [6.45, 7) is 1.60. The molecule has 1 aliphatic rings. The molecule has 0 N–H and O–H groups in total. The van der Waals surface area contributed by atoms with Crippen LogP contribution >= 0.6 is 0 Å². The molecule has 1 aliphatic heterocycles. The SMILES string of the molecule is CN(C)S(=O)(=O)N1CCCN(C(=O)COc2ccccc2)CC1. The van der Waals surface area contributed by atoms with Crippen LogP contribution < -0.4 is 4.74 Å². The van der Waals surface area contributed by atoms with Crippen molar-refractivity contribution in [1.82, 2.24) is 13.5 Å². The first-order chi connectivity index (χ1) is 10.9. The second kappa shape index (κ2) is 7.76. The number of amides is 1. The van der Waals surface area contributed by atoms with E-state index in [0.29, 0.717) is 38.3 Å². The van der Waals surface area contributed by atoms with Gasteiger partial charge in [0.1, 0.15) is 5.75 Å². The maximum absolute atomic E-state index is 12.2. The van der Waals surface area contributed by atoms with E-state index in [4.69, 9.17) is 4.74 Å². The van der Waals surface area contributed by atoms with Gasteiger partial charge in [0, 0.05) is 40.3 Å². The minimum atomic E-state index is -3.43. The number of rotatable bonds is 5. The van der Waals surface area contributed by atoms with Gasteiger partial charge in [0.15, 0.2) is 6.61 Å². The summed E-state index contributed by atoms with van der Waals surface area (Å²) >= 11 is 0. The average molecular weight is 341 g/mol. The molecule has 7 nitrogen and oxygen atoms in total. The molecule has 0 spiro atoms. The van der Waals surface area contributed by atoms with Crippen molar-refractivity contribution in [3.63, 3.8) is 0 Å². The van der Waals surface area contributed by atoms with Gasteiger partial charge in [-0.05, 0) is 18.6 Å². The van der Waals surface area contributed by atoms with Crippen molar-refractivity contribution < 1.29 is 17.9 Å². The topological polar surface area (TPSA) is 70.2 Å². The molecule has 0 aromatic heterocycles. The predicted octanol–water partition coefficient (Wildman–Crippen LogP) is 0.406. The molecule has 0 bridgehead atoms. The van der Waals surface area contributed by atoms with Crippen LogP contribution in [-0.4, -0.2) is 74.7 Å². The molecule has 128 valence electrons. The molecule has 23 heavy (non-hydrogen) atoms. The monoisotopic (exact) mass is 341 g/mol. The molecular weight excluding hydrogens is 318 g/mol. The standard InChI is InChI=1S/C15H23N3O4S/c1-16(2)23(20,21)18-10-6-9-17(11-12-18)15(19)13-22-14-7-4-3-5-8-14/h3-5,7-8H,6,9-13H2,1-2H3. The van der Waals surface area contributed by atoms with E-state index < -0.39 is 10.2 Å². The van der Waals surface area contributed by atoms with Crippen LogP contribution in [0.3, 0.4) is 0 Å². The molecule has 1 aromatic rings. The number of hydrogen-bond donors (Lipinski definition) is 0. The van der Waals surface area contributed by atoms with E-state index in [1.54, 1.807) is 17.0 Å². The Morgan fingerprint density at radius 1 is 1.13 bits per heavy atom. The summed E-state index contributed by atoms with van der Waals surface area (Å²) in [4.78, 5) is 13.9. The molecule has 1 amide bonds. The first-order valence-electron chi connectivity index (χ1n) is 7.54. The van der Waals surface area contributed by atoms with Crippen molar-refractivity contribution in [2.24, 2.45) is 0 Å². The minimum absolute atomic E-state index is 0.0373. The van der Waals surface area contributed by atoms with E-state index in [1.807, 2.05) is 18.2 Å². The molecule has 1 fully saturated rings. The molecule has 0 atom stereocenters. The summed E-state index contributed by atoms with van der Waals surface area (Å²) < 4.78 is 32.4. The van der Waals surface area contributed by atoms with E-state index in [9.17, 15) is 13.2 Å². The van der Waals surface area contributed by atoms with Crippen molar-refractivity contribution >= 4 is 16.1 Å². The van der Waals surface area contributed by atoms with Gasteiger partial charge in [-0.3, -0.25) is 4.79 Å². The van der Waals surface area contributed by atoms with Crippen LogP contribution in [0.5, 0.6) is 5.75 Å². The van der Waals surface area contributed by atoms with E-state index in [0.717, 1.165) is 0 Å². The highest BCUT2D eigenvalue weighted by Crippen LogP contribution is 2.12. The van der Waals surface area contributed by atoms with E-state index in [-0.39, 0.29) is 12.5 Å². The number of nitrogens with zero attached hydrogens (tertiary/aromatic N) is 3. The number of ether oxygens (including phenoxy) is 1. The fourth-order valence-electron chi connectivity index (χ4n) is 2.36. The highest BCUT2D eigenvalue weighted by atomic mass is 32.2. The minimum Gasteiger partial charge on any atom is -0.484 e. The van der Waals surface area contributed by atoms with Gasteiger partial charge in [0.25, 0.3) is 16.1 Å². The van der Waals surface area contributed by atoms with Crippen LogP contribution in [0.2, 0.25) is 0 Å². The van der Waals surface area contributed by atoms with Gasteiger partial charge in [-0.25, -0.2) is 0 Å². The van der Waals surface area contributed by atoms with Crippen LogP contribution in [0.4, 0.5) is 0 Å². The number of carbonyl (C=O) groups excluding carboxylic acids is 1. The highest BCUT2D eigenvalue weighted by molar-refractivity contribution is 7.86. The molecular formula is C15H23N3O4S. The van der Waals surface area contributed by atoms with Gasteiger partial charge in [-0.2, -0.15) is 17.0 Å². The van der Waals surface area contributed by atoms with Crippen molar-refractivity contribution in [2.75, 3.05) is 46.9 Å². The van der Waals surface area contributed by atoms with Crippen molar-refractivity contribution in [3.05, 3.63) is 30.3 Å². The first kappa shape index (κ1) is 17.7. The second-order valence-corrected chi connectivity index (χ2v) is 7.67. The molecule has 0 saturated carbocycles. The zero-order valence-electron chi connectivity index (χ0n) is 13.5. The second-order valence-electron chi connectivity index (χ2n) is 5.53. The zero-order valence-corrected chi connectivity index (χ0v) is 14.3. The quantitative estimate of drug-likeness (QED) is 0.778. The Kier molecular flexibility index (Phi) is 5.97. The summed E-state index contributed by atoms with van der Waals surface area (Å²) in [6.07, 6.45) is 0.615. The fraction of sp³-hybridized carbons (Fsp3) is 0.533. The number of hydrogen-bond acceptors (Lipinski definition) is 4. The van der Waals surface area contributed by atoms with Crippen LogP contribution in [0, 0.1) is 0 Å². The third-order valence-electron chi connectivity index (χ3n) is 3.70. The van der Waals surface area contributed by atoms with Crippen molar-refractivity contribution in [2.45, 2.75) is 6.42 Å². The lowest BCUT2D eigenvalue weighted by Crippen LogP contribution is -2.43. The van der Waals surface area contributed by atoms with Crippen LogP contribution in [0.25, 0.3) is 0 Å². The summed E-state index contributed by atoms with van der Waals surface area (Å²) in [5, 5.41) is 0. The number of carbonyl (C=O) groups is 1. The Morgan fingerprint density at radius 3 is 2.48 bits per heavy atom. The lowest BCUT2D eigenvalue weighted by Gasteiger charge is -2.24. The van der Waals surface area contributed by atoms with Crippen LogP contribution in [-0.2, 0) is 15.0 Å². The van der Waals surface area contributed by atoms with Gasteiger partial charge in [-0.1, -0.05) is 18.2 Å². The molecule has 0 radical (unpaired) electrons. The highest BCUT2D eigenvalue weighted by Gasteiger charge is 2.28. The van der Waals surface area contributed by atoms with Gasteiger partial charge in [0.2, 0.25) is 0 Å². The largest absolute Gasteiger partial charge is 0.484 e. The Hall–Kier alpha value is -1.64. The third-order valence-corrected chi connectivity index (χ3v) is 5.64. The molecule has 0 aliphatic carbocycles. The summed E-state index contributed by atoms with van der Waals surface area (Å²) in [7, 11) is -0.409. The van der Waals surface area contributed by atoms with Gasteiger partial charge >= 0.3 is 0 Å². The molecule has 2 rings (SSSR count). The van der Waals surface area contributed by atoms with E-state index in [1.165, 1.54) is 22.7 Å². The molecule has 0 unspecified atom stereocenters. The normalized spacial score (nSPS) is 17.1. The van der Waals surface area contributed by atoms with Crippen molar-refractivity contribution in [3.8, 4) is 5.75 Å². The molecule has 8 heteroatoms. The molecule has 1 heterocycles. The number of benzene rings is 1. The third kappa shape index (κ3) is 4.66. The summed E-state index contributed by atoms with van der Waals surface area (Å²) in [5.41, 5.74) is 0. The Morgan fingerprint density at radius 2 is 1.83 bits per heavy atom. The summed E-state index contributed by atoms with van der Waals surface area (Å²) in [6, 6.07) is 9.15.